The van der Waals surface area contributed by atoms with Crippen LogP contribution < -0.4 is 0 Å². The van der Waals surface area contributed by atoms with Crippen LogP contribution in [0.15, 0.2) is 42.5 Å². The van der Waals surface area contributed by atoms with Gasteiger partial charge in [0.25, 0.3) is 11.8 Å². The maximum Gasteiger partial charge on any atom is 0.336 e. The van der Waals surface area contributed by atoms with Gasteiger partial charge in [0.2, 0.25) is 0 Å². The number of benzene rings is 2. The first kappa shape index (κ1) is 15.8. The van der Waals surface area contributed by atoms with Crippen molar-refractivity contribution < 1.29 is 23.6 Å². The lowest BCUT2D eigenvalue weighted by atomic mass is 10.1. The fourth-order valence-corrected chi connectivity index (χ4v) is 3.16. The van der Waals surface area contributed by atoms with Gasteiger partial charge in [-0.25, -0.2) is 9.18 Å². The van der Waals surface area contributed by atoms with Gasteiger partial charge < -0.3 is 4.84 Å². The van der Waals surface area contributed by atoms with E-state index in [9.17, 15) is 18.8 Å². The number of rotatable bonds is 3. The molecule has 0 unspecified atom stereocenters. The lowest BCUT2D eigenvalue weighted by Crippen LogP contribution is -2.33. The van der Waals surface area contributed by atoms with Crippen molar-refractivity contribution in [2.24, 2.45) is 5.92 Å². The minimum absolute atomic E-state index is 0.0168. The molecule has 126 valence electrons. The maximum atomic E-state index is 13.2. The lowest BCUT2D eigenvalue weighted by Gasteiger charge is -2.12. The summed E-state index contributed by atoms with van der Waals surface area (Å²) in [6.07, 6.45) is 0.490. The number of hydroxylamine groups is 2. The van der Waals surface area contributed by atoms with Crippen molar-refractivity contribution in [2.75, 3.05) is 0 Å². The zero-order chi connectivity index (χ0) is 17.7. The predicted molar refractivity (Wildman–Crippen MR) is 85.3 cm³/mol. The molecule has 2 aromatic rings. The molecule has 0 bridgehead atoms. The van der Waals surface area contributed by atoms with Crippen molar-refractivity contribution in [3.63, 3.8) is 0 Å². The Morgan fingerprint density at radius 3 is 2.36 bits per heavy atom. The highest BCUT2D eigenvalue weighted by atomic mass is 35.5. The highest BCUT2D eigenvalue weighted by Crippen LogP contribution is 2.49. The summed E-state index contributed by atoms with van der Waals surface area (Å²) in [6.45, 7) is 0. The van der Waals surface area contributed by atoms with Crippen LogP contribution in [0.5, 0.6) is 0 Å². The number of halogens is 2. The molecule has 0 saturated heterocycles. The van der Waals surface area contributed by atoms with Crippen molar-refractivity contribution in [1.29, 1.82) is 0 Å². The first-order valence-corrected chi connectivity index (χ1v) is 7.99. The van der Waals surface area contributed by atoms with Crippen molar-refractivity contribution in [3.8, 4) is 0 Å². The predicted octanol–water partition coefficient (Wildman–Crippen LogP) is 3.34. The topological polar surface area (TPSA) is 63.7 Å². The van der Waals surface area contributed by atoms with Crippen molar-refractivity contribution in [1.82, 2.24) is 5.06 Å². The van der Waals surface area contributed by atoms with E-state index in [1.165, 1.54) is 24.3 Å². The number of imide groups is 1. The summed E-state index contributed by atoms with van der Waals surface area (Å²) in [7, 11) is 0. The van der Waals surface area contributed by atoms with Gasteiger partial charge in [-0.3, -0.25) is 9.59 Å². The highest BCUT2D eigenvalue weighted by Gasteiger charge is 2.48. The molecule has 1 fully saturated rings. The first-order chi connectivity index (χ1) is 12.0. The summed E-state index contributed by atoms with van der Waals surface area (Å²) in [6, 6.07) is 10.5. The molecule has 0 N–H and O–H groups in total. The Kier molecular flexibility index (Phi) is 3.58. The third-order valence-electron chi connectivity index (χ3n) is 4.40. The van der Waals surface area contributed by atoms with Crippen LogP contribution >= 0.6 is 11.6 Å². The van der Waals surface area contributed by atoms with Gasteiger partial charge in [-0.15, -0.1) is 0 Å². The van der Waals surface area contributed by atoms with E-state index in [1.54, 1.807) is 18.2 Å². The van der Waals surface area contributed by atoms with Gasteiger partial charge in [0, 0.05) is 0 Å². The normalized spacial score (nSPS) is 21.3. The number of nitrogens with zero attached hydrogens (tertiary/aromatic N) is 1. The molecule has 2 amide bonds. The molecule has 1 aliphatic carbocycles. The van der Waals surface area contributed by atoms with Crippen LogP contribution in [0.3, 0.4) is 0 Å². The number of hydrogen-bond acceptors (Lipinski definition) is 4. The highest BCUT2D eigenvalue weighted by molar-refractivity contribution is 6.30. The van der Waals surface area contributed by atoms with Crippen LogP contribution in [0, 0.1) is 11.7 Å². The van der Waals surface area contributed by atoms with Crippen LogP contribution in [0.4, 0.5) is 4.39 Å². The van der Waals surface area contributed by atoms with Crippen LogP contribution in [0.1, 0.15) is 38.6 Å². The second-order valence-corrected chi connectivity index (χ2v) is 6.39. The van der Waals surface area contributed by atoms with E-state index in [-0.39, 0.29) is 22.1 Å². The van der Waals surface area contributed by atoms with Crippen LogP contribution in [-0.2, 0) is 9.63 Å². The average molecular weight is 360 g/mol. The molecule has 1 saturated carbocycles. The number of fused-ring (bicyclic) bond motifs is 1. The largest absolute Gasteiger partial charge is 0.336 e. The third kappa shape index (κ3) is 2.59. The quantitative estimate of drug-likeness (QED) is 0.788. The SMILES string of the molecule is O=C(ON1C(=O)c2ccccc2C1=O)[C@H]1C[C@@H]1c1ccc(F)c(Cl)c1. The molecule has 2 aromatic carbocycles. The van der Waals surface area contributed by atoms with E-state index in [0.717, 1.165) is 5.56 Å². The molecule has 1 aliphatic heterocycles. The molecule has 0 spiro atoms. The van der Waals surface area contributed by atoms with Crippen molar-refractivity contribution in [2.45, 2.75) is 12.3 Å². The van der Waals surface area contributed by atoms with Crippen LogP contribution in [0.2, 0.25) is 5.02 Å². The summed E-state index contributed by atoms with van der Waals surface area (Å²) < 4.78 is 13.2. The molecule has 0 radical (unpaired) electrons. The van der Waals surface area contributed by atoms with Gasteiger partial charge in [-0.05, 0) is 42.2 Å². The number of amides is 2. The fourth-order valence-electron chi connectivity index (χ4n) is 2.97. The zero-order valence-corrected chi connectivity index (χ0v) is 13.5. The molecule has 1 heterocycles. The molecule has 2 aliphatic rings. The van der Waals surface area contributed by atoms with Gasteiger partial charge in [0.15, 0.2) is 0 Å². The number of hydrogen-bond donors (Lipinski definition) is 0. The Bertz CT molecular complexity index is 894. The van der Waals surface area contributed by atoms with E-state index in [4.69, 9.17) is 16.4 Å². The van der Waals surface area contributed by atoms with Crippen molar-refractivity contribution >= 4 is 29.4 Å². The minimum atomic E-state index is -0.667. The first-order valence-electron chi connectivity index (χ1n) is 7.62. The Hall–Kier alpha value is -2.73. The summed E-state index contributed by atoms with van der Waals surface area (Å²) in [5, 5.41) is 0.483. The third-order valence-corrected chi connectivity index (χ3v) is 4.69. The Morgan fingerprint density at radius 2 is 1.76 bits per heavy atom. The molecular formula is C18H11ClFNO4. The molecular weight excluding hydrogens is 349 g/mol. The van der Waals surface area contributed by atoms with Crippen LogP contribution in [-0.4, -0.2) is 22.8 Å². The number of carbonyl (C=O) groups is 3. The minimum Gasteiger partial charge on any atom is -0.329 e. The summed E-state index contributed by atoms with van der Waals surface area (Å²) in [5.41, 5.74) is 1.13. The van der Waals surface area contributed by atoms with Gasteiger partial charge in [-0.1, -0.05) is 34.9 Å². The standard InChI is InChI=1S/C18H11ClFNO4/c19-14-7-9(5-6-15(14)20)12-8-13(12)18(24)25-21-16(22)10-3-1-2-4-11(10)17(21)23/h1-7,12-13H,8H2/t12-,13+/m1/s1. The smallest absolute Gasteiger partial charge is 0.329 e. The van der Waals surface area contributed by atoms with Gasteiger partial charge in [-0.2, -0.15) is 0 Å². The Labute approximate surface area is 146 Å². The van der Waals surface area contributed by atoms with E-state index in [1.807, 2.05) is 0 Å². The molecule has 2 atom stereocenters. The average Bonchev–Trinajstić information content (AvgIpc) is 3.37. The molecule has 5 nitrogen and oxygen atoms in total. The summed E-state index contributed by atoms with van der Waals surface area (Å²) in [4.78, 5) is 41.7. The molecule has 4 rings (SSSR count). The number of carbonyl (C=O) groups excluding carboxylic acids is 3. The lowest BCUT2D eigenvalue weighted by molar-refractivity contribution is -0.170. The van der Waals surface area contributed by atoms with Crippen molar-refractivity contribution in [3.05, 3.63) is 70.0 Å². The maximum absolute atomic E-state index is 13.2. The van der Waals surface area contributed by atoms with Crippen LogP contribution in [0.25, 0.3) is 0 Å². The fraction of sp³-hybridized carbons (Fsp3) is 0.167. The van der Waals surface area contributed by atoms with E-state index >= 15 is 0 Å². The Balaban J connectivity index is 1.46. The molecule has 25 heavy (non-hydrogen) atoms. The summed E-state index contributed by atoms with van der Waals surface area (Å²) >= 11 is 5.75. The van der Waals surface area contributed by atoms with Gasteiger partial charge in [0.05, 0.1) is 22.1 Å². The molecule has 0 aromatic heterocycles. The van der Waals surface area contributed by atoms with Gasteiger partial charge >= 0.3 is 5.97 Å². The zero-order valence-electron chi connectivity index (χ0n) is 12.7. The summed E-state index contributed by atoms with van der Waals surface area (Å²) in [5.74, 6) is -3.17. The monoisotopic (exact) mass is 359 g/mol. The van der Waals surface area contributed by atoms with Gasteiger partial charge in [0.1, 0.15) is 5.82 Å². The second kappa shape index (κ2) is 5.67. The van der Waals surface area contributed by atoms with E-state index in [2.05, 4.69) is 0 Å². The van der Waals surface area contributed by atoms with E-state index in [0.29, 0.717) is 11.5 Å². The second-order valence-electron chi connectivity index (χ2n) is 5.98. The molecule has 7 heteroatoms. The Morgan fingerprint density at radius 1 is 1.12 bits per heavy atom. The van der Waals surface area contributed by atoms with E-state index < -0.39 is 29.5 Å².